The SMILES string of the molecule is CCCCCOc1cccc(C2C(C(=O)c3sc(C)nc3C)=C(O)C(=O)N2c2nccs2)c1. The smallest absolute Gasteiger partial charge is 0.296 e. The van der Waals surface area contributed by atoms with Gasteiger partial charge in [0.15, 0.2) is 10.9 Å². The number of hydrogen-bond acceptors (Lipinski definition) is 8. The maximum absolute atomic E-state index is 13.6. The highest BCUT2D eigenvalue weighted by Gasteiger charge is 2.46. The zero-order valence-corrected chi connectivity index (χ0v) is 20.3. The van der Waals surface area contributed by atoms with Crippen LogP contribution in [0.4, 0.5) is 5.13 Å². The van der Waals surface area contributed by atoms with E-state index in [0.717, 1.165) is 24.3 Å². The van der Waals surface area contributed by atoms with E-state index in [1.165, 1.54) is 27.6 Å². The van der Waals surface area contributed by atoms with E-state index in [0.29, 0.717) is 33.6 Å². The molecule has 0 saturated heterocycles. The fraction of sp³-hybridized carbons (Fsp3) is 0.333. The number of hydrogen-bond donors (Lipinski definition) is 1. The Kier molecular flexibility index (Phi) is 6.90. The van der Waals surface area contributed by atoms with E-state index in [1.54, 1.807) is 18.5 Å². The van der Waals surface area contributed by atoms with Gasteiger partial charge in [-0.25, -0.2) is 9.97 Å². The number of rotatable bonds is 9. The van der Waals surface area contributed by atoms with Crippen molar-refractivity contribution < 1.29 is 19.4 Å². The molecule has 0 saturated carbocycles. The Labute approximate surface area is 200 Å². The Morgan fingerprint density at radius 3 is 2.76 bits per heavy atom. The van der Waals surface area contributed by atoms with Crippen molar-refractivity contribution in [1.82, 2.24) is 9.97 Å². The van der Waals surface area contributed by atoms with Gasteiger partial charge in [-0.05, 0) is 38.0 Å². The summed E-state index contributed by atoms with van der Waals surface area (Å²) in [5, 5.41) is 13.8. The molecular formula is C24H25N3O4S2. The van der Waals surface area contributed by atoms with E-state index in [9.17, 15) is 14.7 Å². The lowest BCUT2D eigenvalue weighted by molar-refractivity contribution is -0.117. The number of anilines is 1. The molecule has 4 rings (SSSR count). The molecule has 1 aliphatic rings. The number of nitrogens with zero attached hydrogens (tertiary/aromatic N) is 3. The van der Waals surface area contributed by atoms with Gasteiger partial charge in [0.25, 0.3) is 5.91 Å². The molecule has 0 radical (unpaired) electrons. The molecule has 172 valence electrons. The van der Waals surface area contributed by atoms with Gasteiger partial charge in [0.2, 0.25) is 5.78 Å². The van der Waals surface area contributed by atoms with Gasteiger partial charge in [-0.3, -0.25) is 14.5 Å². The lowest BCUT2D eigenvalue weighted by atomic mass is 9.95. The summed E-state index contributed by atoms with van der Waals surface area (Å²) in [5.41, 5.74) is 1.28. The lowest BCUT2D eigenvalue weighted by Crippen LogP contribution is -2.31. The minimum absolute atomic E-state index is 0.0325. The van der Waals surface area contributed by atoms with E-state index in [2.05, 4.69) is 16.9 Å². The number of ketones is 1. The van der Waals surface area contributed by atoms with Crippen LogP contribution >= 0.6 is 22.7 Å². The van der Waals surface area contributed by atoms with Gasteiger partial charge in [0.05, 0.1) is 33.8 Å². The van der Waals surface area contributed by atoms with Crippen molar-refractivity contribution in [2.24, 2.45) is 0 Å². The van der Waals surface area contributed by atoms with Gasteiger partial charge in [0.1, 0.15) is 5.75 Å². The van der Waals surface area contributed by atoms with Crippen LogP contribution in [-0.2, 0) is 4.79 Å². The summed E-state index contributed by atoms with van der Waals surface area (Å²) in [6.07, 6.45) is 4.72. The van der Waals surface area contributed by atoms with Crippen molar-refractivity contribution in [2.75, 3.05) is 11.5 Å². The number of ether oxygens (including phenoxy) is 1. The molecule has 0 fully saturated rings. The predicted octanol–water partition coefficient (Wildman–Crippen LogP) is 5.57. The van der Waals surface area contributed by atoms with Crippen LogP contribution in [0.25, 0.3) is 0 Å². The lowest BCUT2D eigenvalue weighted by Gasteiger charge is -2.24. The molecule has 1 aliphatic heterocycles. The second-order valence-electron chi connectivity index (χ2n) is 7.76. The van der Waals surface area contributed by atoms with E-state index in [4.69, 9.17) is 4.74 Å². The number of aliphatic hydroxyl groups is 1. The normalized spacial score (nSPS) is 16.0. The first-order chi connectivity index (χ1) is 15.9. The van der Waals surface area contributed by atoms with Gasteiger partial charge >= 0.3 is 0 Å². The fourth-order valence-electron chi connectivity index (χ4n) is 3.87. The third kappa shape index (κ3) is 4.56. The van der Waals surface area contributed by atoms with Gasteiger partial charge in [-0.1, -0.05) is 31.9 Å². The summed E-state index contributed by atoms with van der Waals surface area (Å²) in [4.78, 5) is 37.1. The monoisotopic (exact) mass is 483 g/mol. The molecule has 1 aromatic carbocycles. The highest BCUT2D eigenvalue weighted by atomic mass is 32.1. The summed E-state index contributed by atoms with van der Waals surface area (Å²) in [5.74, 6) is -0.952. The largest absolute Gasteiger partial charge is 0.503 e. The fourth-order valence-corrected chi connectivity index (χ4v) is 5.41. The first kappa shape index (κ1) is 23.1. The van der Waals surface area contributed by atoms with Crippen LogP contribution in [0.3, 0.4) is 0 Å². The molecule has 1 N–H and O–H groups in total. The summed E-state index contributed by atoms with van der Waals surface area (Å²) in [6, 6.07) is 6.50. The van der Waals surface area contributed by atoms with Gasteiger partial charge in [-0.15, -0.1) is 22.7 Å². The molecule has 7 nitrogen and oxygen atoms in total. The highest BCUT2D eigenvalue weighted by Crippen LogP contribution is 2.43. The van der Waals surface area contributed by atoms with Crippen LogP contribution < -0.4 is 9.64 Å². The Balaban J connectivity index is 1.76. The summed E-state index contributed by atoms with van der Waals surface area (Å²) < 4.78 is 5.90. The van der Waals surface area contributed by atoms with Crippen molar-refractivity contribution in [1.29, 1.82) is 0 Å². The first-order valence-electron chi connectivity index (χ1n) is 10.8. The number of aliphatic hydroxyl groups excluding tert-OH is 1. The number of thiazole rings is 2. The molecule has 1 atom stereocenters. The number of Topliss-reactive ketones (excluding diaryl/α,β-unsaturated/α-hetero) is 1. The number of aryl methyl sites for hydroxylation is 2. The van der Waals surface area contributed by atoms with Crippen LogP contribution in [-0.4, -0.2) is 33.4 Å². The first-order valence-corrected chi connectivity index (χ1v) is 12.5. The maximum Gasteiger partial charge on any atom is 0.296 e. The zero-order chi connectivity index (χ0) is 23.5. The zero-order valence-electron chi connectivity index (χ0n) is 18.7. The van der Waals surface area contributed by atoms with E-state index in [-0.39, 0.29) is 5.57 Å². The van der Waals surface area contributed by atoms with Crippen molar-refractivity contribution in [2.45, 2.75) is 46.1 Å². The Hall–Kier alpha value is -3.04. The molecule has 3 aromatic rings. The molecule has 33 heavy (non-hydrogen) atoms. The number of carbonyl (C=O) groups is 2. The van der Waals surface area contributed by atoms with Crippen molar-refractivity contribution in [3.63, 3.8) is 0 Å². The highest BCUT2D eigenvalue weighted by molar-refractivity contribution is 7.14. The molecule has 0 aliphatic carbocycles. The molecular weight excluding hydrogens is 458 g/mol. The third-order valence-electron chi connectivity index (χ3n) is 5.38. The van der Waals surface area contributed by atoms with Crippen molar-refractivity contribution in [3.8, 4) is 5.75 Å². The van der Waals surface area contributed by atoms with Crippen LogP contribution in [0.5, 0.6) is 5.75 Å². The number of unbranched alkanes of at least 4 members (excludes halogenated alkanes) is 2. The topological polar surface area (TPSA) is 92.6 Å². The van der Waals surface area contributed by atoms with Gasteiger partial charge in [-0.2, -0.15) is 0 Å². The second kappa shape index (κ2) is 9.84. The van der Waals surface area contributed by atoms with E-state index < -0.39 is 23.5 Å². The van der Waals surface area contributed by atoms with Crippen molar-refractivity contribution >= 4 is 39.5 Å². The average molecular weight is 484 g/mol. The Morgan fingerprint density at radius 2 is 2.09 bits per heavy atom. The van der Waals surface area contributed by atoms with E-state index >= 15 is 0 Å². The number of aromatic nitrogens is 2. The summed E-state index contributed by atoms with van der Waals surface area (Å²) in [7, 11) is 0. The standard InChI is InChI=1S/C24H25N3O4S2/c1-4-5-6-11-31-17-9-7-8-16(13-17)19-18(20(28)22-14(2)26-15(3)33-22)21(29)23(30)27(19)24-25-10-12-32-24/h7-10,12-13,19,29H,4-6,11H2,1-3H3. The number of carbonyl (C=O) groups excluding carboxylic acids is 2. The third-order valence-corrected chi connectivity index (χ3v) is 7.22. The van der Waals surface area contributed by atoms with Crippen LogP contribution in [0.15, 0.2) is 47.2 Å². The Morgan fingerprint density at radius 1 is 1.27 bits per heavy atom. The summed E-state index contributed by atoms with van der Waals surface area (Å²) in [6.45, 7) is 6.29. The predicted molar refractivity (Wildman–Crippen MR) is 129 cm³/mol. The molecule has 0 spiro atoms. The number of amides is 1. The van der Waals surface area contributed by atoms with Crippen LogP contribution in [0.2, 0.25) is 0 Å². The molecule has 1 unspecified atom stereocenters. The summed E-state index contributed by atoms with van der Waals surface area (Å²) >= 11 is 2.52. The molecule has 3 heterocycles. The quantitative estimate of drug-likeness (QED) is 0.316. The molecule has 9 heteroatoms. The van der Waals surface area contributed by atoms with Crippen LogP contribution in [0, 0.1) is 13.8 Å². The molecule has 0 bridgehead atoms. The second-order valence-corrected chi connectivity index (χ2v) is 9.84. The molecule has 2 aromatic heterocycles. The molecule has 1 amide bonds. The average Bonchev–Trinajstić information content (AvgIpc) is 3.50. The van der Waals surface area contributed by atoms with Crippen LogP contribution in [0.1, 0.15) is 58.2 Å². The van der Waals surface area contributed by atoms with Gasteiger partial charge in [0, 0.05) is 11.6 Å². The van der Waals surface area contributed by atoms with Gasteiger partial charge < -0.3 is 9.84 Å². The minimum Gasteiger partial charge on any atom is -0.503 e. The van der Waals surface area contributed by atoms with E-state index in [1.807, 2.05) is 31.2 Å². The van der Waals surface area contributed by atoms with Crippen molar-refractivity contribution in [3.05, 3.63) is 68.3 Å². The minimum atomic E-state index is -0.822. The number of benzene rings is 1. The Bertz CT molecular complexity index is 1200. The maximum atomic E-state index is 13.6.